The minimum Gasteiger partial charge on any atom is -0.444 e. The third-order valence-electron chi connectivity index (χ3n) is 4.35. The Morgan fingerprint density at radius 1 is 1.23 bits per heavy atom. The maximum atomic E-state index is 12.2. The maximum absolute atomic E-state index is 12.2. The first-order chi connectivity index (χ1) is 10.3. The summed E-state index contributed by atoms with van der Waals surface area (Å²) < 4.78 is 6.69. The highest BCUT2D eigenvalue weighted by atomic mass is 79.9. The predicted molar refractivity (Wildman–Crippen MR) is 91.3 cm³/mol. The molecular formula is C18H24BrNO2. The zero-order chi connectivity index (χ0) is 15.9. The standard InChI is InChI=1S/C18H24BrNO2/c1-18(2,3)22-17(21)20-9-8-14(11-20)13-6-7-15(12-4-5-12)16(19)10-13/h6-7,10,12,14H,4-5,8-9,11H2,1-3H3. The number of halogens is 1. The van der Waals surface area contributed by atoms with Crippen LogP contribution in [0.15, 0.2) is 22.7 Å². The van der Waals surface area contributed by atoms with E-state index >= 15 is 0 Å². The van der Waals surface area contributed by atoms with E-state index in [2.05, 4.69) is 34.1 Å². The summed E-state index contributed by atoms with van der Waals surface area (Å²) in [5, 5.41) is 0. The highest BCUT2D eigenvalue weighted by molar-refractivity contribution is 9.10. The topological polar surface area (TPSA) is 29.5 Å². The minimum atomic E-state index is -0.426. The van der Waals surface area contributed by atoms with Gasteiger partial charge in [0.15, 0.2) is 0 Å². The zero-order valence-corrected chi connectivity index (χ0v) is 15.1. The number of benzene rings is 1. The molecular weight excluding hydrogens is 342 g/mol. The first-order valence-electron chi connectivity index (χ1n) is 8.11. The Kier molecular flexibility index (Phi) is 4.23. The van der Waals surface area contributed by atoms with Crippen molar-refractivity contribution in [3.63, 3.8) is 0 Å². The molecule has 2 fully saturated rings. The molecule has 1 atom stereocenters. The van der Waals surface area contributed by atoms with Gasteiger partial charge in [0.2, 0.25) is 0 Å². The van der Waals surface area contributed by atoms with Crippen LogP contribution in [0.3, 0.4) is 0 Å². The van der Waals surface area contributed by atoms with Gasteiger partial charge in [0, 0.05) is 23.5 Å². The predicted octanol–water partition coefficient (Wildman–Crippen LogP) is 5.05. The Bertz CT molecular complexity index is 575. The molecule has 4 heteroatoms. The van der Waals surface area contributed by atoms with Crippen molar-refractivity contribution in [3.8, 4) is 0 Å². The van der Waals surface area contributed by atoms with E-state index in [0.29, 0.717) is 5.92 Å². The Labute approximate surface area is 141 Å². The second-order valence-electron chi connectivity index (χ2n) is 7.47. The van der Waals surface area contributed by atoms with Crippen LogP contribution in [0, 0.1) is 0 Å². The molecule has 1 aromatic carbocycles. The number of hydrogen-bond acceptors (Lipinski definition) is 2. The molecule has 1 aliphatic heterocycles. The van der Waals surface area contributed by atoms with E-state index in [-0.39, 0.29) is 6.09 Å². The van der Waals surface area contributed by atoms with Crippen molar-refractivity contribution in [2.24, 2.45) is 0 Å². The van der Waals surface area contributed by atoms with Crippen LogP contribution in [0.4, 0.5) is 4.79 Å². The highest BCUT2D eigenvalue weighted by Crippen LogP contribution is 2.44. The molecule has 1 heterocycles. The second-order valence-corrected chi connectivity index (χ2v) is 8.32. The molecule has 3 nitrogen and oxygen atoms in total. The van der Waals surface area contributed by atoms with E-state index in [9.17, 15) is 4.79 Å². The van der Waals surface area contributed by atoms with Crippen LogP contribution in [0.25, 0.3) is 0 Å². The van der Waals surface area contributed by atoms with Gasteiger partial charge in [-0.1, -0.05) is 28.1 Å². The molecule has 0 radical (unpaired) electrons. The van der Waals surface area contributed by atoms with Crippen LogP contribution in [-0.4, -0.2) is 29.7 Å². The molecule has 0 spiro atoms. The summed E-state index contributed by atoms with van der Waals surface area (Å²) in [5.41, 5.74) is 2.33. The smallest absolute Gasteiger partial charge is 0.410 e. The van der Waals surface area contributed by atoms with Crippen molar-refractivity contribution >= 4 is 22.0 Å². The molecule has 1 saturated carbocycles. The summed E-state index contributed by atoms with van der Waals surface area (Å²) in [4.78, 5) is 14.0. The van der Waals surface area contributed by atoms with Gasteiger partial charge < -0.3 is 9.64 Å². The summed E-state index contributed by atoms with van der Waals surface area (Å²) in [6, 6.07) is 6.74. The summed E-state index contributed by atoms with van der Waals surface area (Å²) in [6.45, 7) is 7.26. The third-order valence-corrected chi connectivity index (χ3v) is 5.04. The van der Waals surface area contributed by atoms with E-state index in [1.807, 2.05) is 25.7 Å². The molecule has 1 aliphatic carbocycles. The van der Waals surface area contributed by atoms with Crippen LogP contribution in [0.2, 0.25) is 0 Å². The largest absolute Gasteiger partial charge is 0.444 e. The van der Waals surface area contributed by atoms with Crippen molar-refractivity contribution in [3.05, 3.63) is 33.8 Å². The van der Waals surface area contributed by atoms with Crippen LogP contribution in [-0.2, 0) is 4.74 Å². The van der Waals surface area contributed by atoms with E-state index in [1.165, 1.54) is 28.4 Å². The van der Waals surface area contributed by atoms with Gasteiger partial charge in [0.25, 0.3) is 0 Å². The lowest BCUT2D eigenvalue weighted by atomic mass is 9.96. The Morgan fingerprint density at radius 3 is 2.55 bits per heavy atom. The fourth-order valence-electron chi connectivity index (χ4n) is 3.05. The van der Waals surface area contributed by atoms with Crippen LogP contribution in [0.1, 0.15) is 63.0 Å². The number of amides is 1. The fraction of sp³-hybridized carbons (Fsp3) is 0.611. The average Bonchev–Trinajstić information content (AvgIpc) is 3.13. The van der Waals surface area contributed by atoms with Crippen molar-refractivity contribution < 1.29 is 9.53 Å². The monoisotopic (exact) mass is 365 g/mol. The number of likely N-dealkylation sites (tertiary alicyclic amines) is 1. The number of nitrogens with zero attached hydrogens (tertiary/aromatic N) is 1. The quantitative estimate of drug-likeness (QED) is 0.733. The van der Waals surface area contributed by atoms with Gasteiger partial charge in [-0.2, -0.15) is 0 Å². The van der Waals surface area contributed by atoms with Crippen molar-refractivity contribution in [2.45, 2.75) is 57.5 Å². The van der Waals surface area contributed by atoms with Crippen molar-refractivity contribution in [2.75, 3.05) is 13.1 Å². The first kappa shape index (κ1) is 15.9. The first-order valence-corrected chi connectivity index (χ1v) is 8.90. The molecule has 0 bridgehead atoms. The minimum absolute atomic E-state index is 0.191. The normalized spacial score (nSPS) is 22.0. The summed E-state index contributed by atoms with van der Waals surface area (Å²) in [7, 11) is 0. The van der Waals surface area contributed by atoms with E-state index in [1.54, 1.807) is 0 Å². The van der Waals surface area contributed by atoms with Crippen LogP contribution in [0.5, 0.6) is 0 Å². The number of rotatable bonds is 2. The molecule has 0 aromatic heterocycles. The fourth-order valence-corrected chi connectivity index (χ4v) is 3.77. The highest BCUT2D eigenvalue weighted by Gasteiger charge is 2.31. The lowest BCUT2D eigenvalue weighted by molar-refractivity contribution is 0.0292. The molecule has 1 unspecified atom stereocenters. The van der Waals surface area contributed by atoms with Crippen LogP contribution >= 0.6 is 15.9 Å². The van der Waals surface area contributed by atoms with Crippen LogP contribution < -0.4 is 0 Å². The second kappa shape index (κ2) is 5.88. The molecule has 1 amide bonds. The molecule has 3 rings (SSSR count). The molecule has 1 aromatic rings. The SMILES string of the molecule is CC(C)(C)OC(=O)N1CCC(c2ccc(C3CC3)c(Br)c2)C1. The van der Waals surface area contributed by atoms with E-state index < -0.39 is 5.60 Å². The van der Waals surface area contributed by atoms with E-state index in [0.717, 1.165) is 25.4 Å². The van der Waals surface area contributed by atoms with E-state index in [4.69, 9.17) is 4.74 Å². The van der Waals surface area contributed by atoms with Gasteiger partial charge >= 0.3 is 6.09 Å². The summed E-state index contributed by atoms with van der Waals surface area (Å²) >= 11 is 3.71. The van der Waals surface area contributed by atoms with Gasteiger partial charge in [-0.15, -0.1) is 0 Å². The molecule has 2 aliphatic rings. The van der Waals surface area contributed by atoms with Crippen molar-refractivity contribution in [1.82, 2.24) is 4.90 Å². The van der Waals surface area contributed by atoms with Gasteiger partial charge in [0.05, 0.1) is 0 Å². The molecule has 0 N–H and O–H groups in total. The average molecular weight is 366 g/mol. The summed E-state index contributed by atoms with van der Waals surface area (Å²) in [6.07, 6.45) is 3.44. The zero-order valence-electron chi connectivity index (χ0n) is 13.6. The number of ether oxygens (including phenoxy) is 1. The Hall–Kier alpha value is -1.03. The molecule has 1 saturated heterocycles. The van der Waals surface area contributed by atoms with Gasteiger partial charge in [-0.3, -0.25) is 0 Å². The number of hydrogen-bond donors (Lipinski definition) is 0. The molecule has 22 heavy (non-hydrogen) atoms. The molecule has 120 valence electrons. The van der Waals surface area contributed by atoms with Gasteiger partial charge in [-0.25, -0.2) is 4.79 Å². The summed E-state index contributed by atoms with van der Waals surface area (Å²) in [5.74, 6) is 1.17. The Morgan fingerprint density at radius 2 is 1.95 bits per heavy atom. The maximum Gasteiger partial charge on any atom is 0.410 e. The van der Waals surface area contributed by atoms with Gasteiger partial charge in [0.1, 0.15) is 5.60 Å². The van der Waals surface area contributed by atoms with Crippen molar-refractivity contribution in [1.29, 1.82) is 0 Å². The number of carbonyl (C=O) groups is 1. The lowest BCUT2D eigenvalue weighted by Crippen LogP contribution is -2.35. The Balaban J connectivity index is 1.65. The lowest BCUT2D eigenvalue weighted by Gasteiger charge is -2.24. The number of carbonyl (C=O) groups excluding carboxylic acids is 1. The third kappa shape index (κ3) is 3.65. The van der Waals surface area contributed by atoms with Gasteiger partial charge in [-0.05, 0) is 63.1 Å².